The standard InChI is InChI=1S/C26H20ClN3O5/c1-15-7-3-4-12-20(15)30-24(32)21(27)22(25(30)33)28-18-10-5-8-16(13-18)23(31)29-19-11-6-9-17(14-19)26(34)35-2/h3-14,28H,1-2H3,(H,29,31). The van der Waals surface area contributed by atoms with Gasteiger partial charge < -0.3 is 15.4 Å². The lowest BCUT2D eigenvalue weighted by molar-refractivity contribution is -0.120. The van der Waals surface area contributed by atoms with Crippen molar-refractivity contribution in [2.24, 2.45) is 0 Å². The van der Waals surface area contributed by atoms with Gasteiger partial charge in [0.15, 0.2) is 0 Å². The molecular weight excluding hydrogens is 470 g/mol. The fourth-order valence-electron chi connectivity index (χ4n) is 3.57. The molecule has 3 amide bonds. The largest absolute Gasteiger partial charge is 0.465 e. The molecule has 0 spiro atoms. The number of nitrogens with zero attached hydrogens (tertiary/aromatic N) is 1. The fraction of sp³-hybridized carbons (Fsp3) is 0.0769. The molecule has 2 N–H and O–H groups in total. The Morgan fingerprint density at radius 3 is 2.23 bits per heavy atom. The number of amides is 3. The van der Waals surface area contributed by atoms with Crippen LogP contribution in [0.5, 0.6) is 0 Å². The minimum absolute atomic E-state index is 0.0803. The lowest BCUT2D eigenvalue weighted by Gasteiger charge is -2.17. The summed E-state index contributed by atoms with van der Waals surface area (Å²) in [5.41, 5.74) is 2.49. The maximum Gasteiger partial charge on any atom is 0.337 e. The SMILES string of the molecule is COC(=O)c1cccc(NC(=O)c2cccc(NC3=C(Cl)C(=O)N(c4ccccc4C)C3=O)c2)c1. The van der Waals surface area contributed by atoms with Crippen molar-refractivity contribution in [1.29, 1.82) is 0 Å². The molecular formula is C26H20ClN3O5. The summed E-state index contributed by atoms with van der Waals surface area (Å²) in [6.07, 6.45) is 0. The first-order chi connectivity index (χ1) is 16.8. The molecule has 0 unspecified atom stereocenters. The van der Waals surface area contributed by atoms with Gasteiger partial charge in [-0.05, 0) is 55.0 Å². The Labute approximate surface area is 206 Å². The monoisotopic (exact) mass is 489 g/mol. The summed E-state index contributed by atoms with van der Waals surface area (Å²) in [6.45, 7) is 1.79. The highest BCUT2D eigenvalue weighted by Crippen LogP contribution is 2.32. The third kappa shape index (κ3) is 4.78. The molecule has 0 radical (unpaired) electrons. The van der Waals surface area contributed by atoms with Crippen molar-refractivity contribution in [2.45, 2.75) is 6.92 Å². The number of anilines is 3. The van der Waals surface area contributed by atoms with Crippen LogP contribution in [0.15, 0.2) is 83.5 Å². The van der Waals surface area contributed by atoms with E-state index < -0.39 is 23.7 Å². The highest BCUT2D eigenvalue weighted by molar-refractivity contribution is 6.53. The molecule has 8 nitrogen and oxygen atoms in total. The molecule has 0 saturated heterocycles. The predicted molar refractivity (Wildman–Crippen MR) is 132 cm³/mol. The molecule has 0 saturated carbocycles. The third-order valence-electron chi connectivity index (χ3n) is 5.32. The van der Waals surface area contributed by atoms with Gasteiger partial charge in [0.25, 0.3) is 17.7 Å². The van der Waals surface area contributed by atoms with Crippen molar-refractivity contribution in [3.8, 4) is 0 Å². The van der Waals surface area contributed by atoms with E-state index in [9.17, 15) is 19.2 Å². The summed E-state index contributed by atoms with van der Waals surface area (Å²) in [6, 6.07) is 19.7. The Bertz CT molecular complexity index is 1400. The summed E-state index contributed by atoms with van der Waals surface area (Å²) in [5, 5.41) is 5.35. The van der Waals surface area contributed by atoms with Gasteiger partial charge in [-0.25, -0.2) is 9.69 Å². The summed E-state index contributed by atoms with van der Waals surface area (Å²) in [5.74, 6) is -2.18. The van der Waals surface area contributed by atoms with Crippen molar-refractivity contribution >= 4 is 52.4 Å². The van der Waals surface area contributed by atoms with Crippen LogP contribution < -0.4 is 15.5 Å². The molecule has 3 aromatic carbocycles. The van der Waals surface area contributed by atoms with E-state index >= 15 is 0 Å². The maximum atomic E-state index is 13.0. The number of aryl methyl sites for hydroxylation is 1. The molecule has 0 fully saturated rings. The maximum absolute atomic E-state index is 13.0. The van der Waals surface area contributed by atoms with E-state index in [4.69, 9.17) is 16.3 Å². The van der Waals surface area contributed by atoms with E-state index in [1.54, 1.807) is 67.6 Å². The normalized spacial score (nSPS) is 13.2. The number of hydrogen-bond acceptors (Lipinski definition) is 6. The van der Waals surface area contributed by atoms with Gasteiger partial charge in [-0.15, -0.1) is 0 Å². The zero-order valence-corrected chi connectivity index (χ0v) is 19.6. The number of rotatable bonds is 6. The number of imide groups is 1. The quantitative estimate of drug-likeness (QED) is 0.391. The molecule has 35 heavy (non-hydrogen) atoms. The Kier molecular flexibility index (Phi) is 6.66. The number of para-hydroxylation sites is 1. The number of carbonyl (C=O) groups excluding carboxylic acids is 4. The zero-order valence-electron chi connectivity index (χ0n) is 18.8. The Hall–Kier alpha value is -4.43. The molecule has 4 rings (SSSR count). The van der Waals surface area contributed by atoms with E-state index in [2.05, 4.69) is 10.6 Å². The van der Waals surface area contributed by atoms with Crippen LogP contribution in [0.2, 0.25) is 0 Å². The lowest BCUT2D eigenvalue weighted by Crippen LogP contribution is -2.32. The van der Waals surface area contributed by atoms with Crippen LogP contribution >= 0.6 is 11.6 Å². The highest BCUT2D eigenvalue weighted by Gasteiger charge is 2.39. The summed E-state index contributed by atoms with van der Waals surface area (Å²) in [7, 11) is 1.27. The van der Waals surface area contributed by atoms with E-state index in [1.807, 2.05) is 0 Å². The Morgan fingerprint density at radius 1 is 0.857 bits per heavy atom. The third-order valence-corrected chi connectivity index (χ3v) is 5.67. The van der Waals surface area contributed by atoms with Gasteiger partial charge in [0.05, 0.1) is 18.4 Å². The van der Waals surface area contributed by atoms with Crippen molar-refractivity contribution in [3.05, 3.63) is 100 Å². The first kappa shape index (κ1) is 23.7. The minimum atomic E-state index is -0.632. The molecule has 0 aromatic heterocycles. The van der Waals surface area contributed by atoms with Gasteiger partial charge in [-0.2, -0.15) is 0 Å². The van der Waals surface area contributed by atoms with Gasteiger partial charge in [0, 0.05) is 16.9 Å². The minimum Gasteiger partial charge on any atom is -0.465 e. The molecule has 1 aliphatic rings. The van der Waals surface area contributed by atoms with Crippen molar-refractivity contribution < 1.29 is 23.9 Å². The van der Waals surface area contributed by atoms with E-state index in [0.717, 1.165) is 10.5 Å². The first-order valence-corrected chi connectivity index (χ1v) is 10.9. The summed E-state index contributed by atoms with van der Waals surface area (Å²) >= 11 is 6.22. The molecule has 0 atom stereocenters. The van der Waals surface area contributed by atoms with Gasteiger partial charge >= 0.3 is 5.97 Å². The van der Waals surface area contributed by atoms with Gasteiger partial charge in [-0.3, -0.25) is 14.4 Å². The van der Waals surface area contributed by atoms with Crippen LogP contribution in [0, 0.1) is 6.92 Å². The summed E-state index contributed by atoms with van der Waals surface area (Å²) < 4.78 is 4.70. The van der Waals surface area contributed by atoms with Crippen molar-refractivity contribution in [3.63, 3.8) is 0 Å². The van der Waals surface area contributed by atoms with Crippen LogP contribution in [0.1, 0.15) is 26.3 Å². The molecule has 3 aromatic rings. The van der Waals surface area contributed by atoms with Crippen LogP contribution in [0.4, 0.5) is 17.1 Å². The highest BCUT2D eigenvalue weighted by atomic mass is 35.5. The molecule has 176 valence electrons. The lowest BCUT2D eigenvalue weighted by atomic mass is 10.1. The number of ether oxygens (including phenoxy) is 1. The number of esters is 1. The Balaban J connectivity index is 1.53. The number of carbonyl (C=O) groups is 4. The van der Waals surface area contributed by atoms with Crippen LogP contribution in [0.25, 0.3) is 0 Å². The first-order valence-electron chi connectivity index (χ1n) is 10.5. The summed E-state index contributed by atoms with van der Waals surface area (Å²) in [4.78, 5) is 51.3. The number of nitrogens with one attached hydrogen (secondary N) is 2. The number of hydrogen-bond donors (Lipinski definition) is 2. The Morgan fingerprint density at radius 2 is 1.51 bits per heavy atom. The van der Waals surface area contributed by atoms with Crippen LogP contribution in [-0.2, 0) is 14.3 Å². The predicted octanol–water partition coefficient (Wildman–Crippen LogP) is 4.47. The second-order valence-corrected chi connectivity index (χ2v) is 8.03. The van der Waals surface area contributed by atoms with Crippen molar-refractivity contribution in [1.82, 2.24) is 0 Å². The number of halogens is 1. The molecule has 1 aliphatic heterocycles. The van der Waals surface area contributed by atoms with E-state index in [1.165, 1.54) is 19.2 Å². The van der Waals surface area contributed by atoms with E-state index in [0.29, 0.717) is 22.6 Å². The zero-order chi connectivity index (χ0) is 25.1. The van der Waals surface area contributed by atoms with Crippen LogP contribution in [0.3, 0.4) is 0 Å². The average molecular weight is 490 g/mol. The van der Waals surface area contributed by atoms with E-state index in [-0.39, 0.29) is 16.3 Å². The van der Waals surface area contributed by atoms with Gasteiger partial charge in [0.1, 0.15) is 10.7 Å². The smallest absolute Gasteiger partial charge is 0.337 e. The molecule has 1 heterocycles. The molecule has 0 bridgehead atoms. The van der Waals surface area contributed by atoms with Crippen LogP contribution in [-0.4, -0.2) is 30.8 Å². The number of benzene rings is 3. The molecule has 0 aliphatic carbocycles. The second kappa shape index (κ2) is 9.82. The van der Waals surface area contributed by atoms with Crippen molar-refractivity contribution in [2.75, 3.05) is 22.6 Å². The average Bonchev–Trinajstić information content (AvgIpc) is 3.07. The second-order valence-electron chi connectivity index (χ2n) is 7.65. The van der Waals surface area contributed by atoms with Gasteiger partial charge in [-0.1, -0.05) is 41.9 Å². The number of methoxy groups -OCH3 is 1. The topological polar surface area (TPSA) is 105 Å². The fourth-order valence-corrected chi connectivity index (χ4v) is 3.78. The molecule has 9 heteroatoms. The van der Waals surface area contributed by atoms with Gasteiger partial charge in [0.2, 0.25) is 0 Å².